The summed E-state index contributed by atoms with van der Waals surface area (Å²) in [4.78, 5) is 13.2. The number of carbonyl (C=O) groups is 1. The van der Waals surface area contributed by atoms with Crippen LogP contribution in [0.15, 0.2) is 53.4 Å². The van der Waals surface area contributed by atoms with Crippen molar-refractivity contribution in [2.75, 3.05) is 18.4 Å². The standard InChI is InChI=1S/C22H28N2O3S/c1-17-12-13-19(28(26,27)24-14-8-5-9-15-24)16-20(17)23-21(25)22(2,3)18-10-6-4-7-11-18/h4,6-7,10-13,16H,5,8-9,14-15H2,1-3H3,(H,23,25). The first-order valence-electron chi connectivity index (χ1n) is 9.71. The van der Waals surface area contributed by atoms with Gasteiger partial charge >= 0.3 is 0 Å². The molecule has 3 rings (SSSR count). The van der Waals surface area contributed by atoms with Crippen molar-refractivity contribution in [2.45, 2.75) is 50.3 Å². The lowest BCUT2D eigenvalue weighted by molar-refractivity contribution is -0.120. The first kappa shape index (κ1) is 20.6. The van der Waals surface area contributed by atoms with Gasteiger partial charge in [-0.1, -0.05) is 42.8 Å². The van der Waals surface area contributed by atoms with E-state index in [1.54, 1.807) is 22.5 Å². The molecule has 0 unspecified atom stereocenters. The van der Waals surface area contributed by atoms with Gasteiger partial charge in [0, 0.05) is 18.8 Å². The number of amides is 1. The lowest BCUT2D eigenvalue weighted by Crippen LogP contribution is -2.36. The molecule has 1 saturated heterocycles. The molecule has 1 fully saturated rings. The molecule has 1 aliphatic rings. The average Bonchev–Trinajstić information content (AvgIpc) is 2.70. The summed E-state index contributed by atoms with van der Waals surface area (Å²) in [6.45, 7) is 6.70. The van der Waals surface area contributed by atoms with Gasteiger partial charge in [0.2, 0.25) is 15.9 Å². The fraction of sp³-hybridized carbons (Fsp3) is 0.409. The van der Waals surface area contributed by atoms with Crippen molar-refractivity contribution in [3.05, 3.63) is 59.7 Å². The summed E-state index contributed by atoms with van der Waals surface area (Å²) in [5, 5.41) is 2.94. The van der Waals surface area contributed by atoms with Crippen LogP contribution >= 0.6 is 0 Å². The van der Waals surface area contributed by atoms with Gasteiger partial charge in [-0.2, -0.15) is 4.31 Å². The third-order valence-corrected chi connectivity index (χ3v) is 7.37. The second-order valence-electron chi connectivity index (χ2n) is 7.89. The molecule has 1 heterocycles. The molecule has 6 heteroatoms. The molecule has 0 saturated carbocycles. The van der Waals surface area contributed by atoms with Crippen molar-refractivity contribution in [3.63, 3.8) is 0 Å². The Bertz CT molecular complexity index is 947. The fourth-order valence-electron chi connectivity index (χ4n) is 3.42. The number of anilines is 1. The normalized spacial score (nSPS) is 16.0. The van der Waals surface area contributed by atoms with Crippen molar-refractivity contribution in [1.29, 1.82) is 0 Å². The summed E-state index contributed by atoms with van der Waals surface area (Å²) in [7, 11) is -3.54. The molecule has 2 aromatic carbocycles. The van der Waals surface area contributed by atoms with Crippen molar-refractivity contribution in [1.82, 2.24) is 4.31 Å². The van der Waals surface area contributed by atoms with Crippen LogP contribution in [0.1, 0.15) is 44.2 Å². The minimum Gasteiger partial charge on any atom is -0.325 e. The van der Waals surface area contributed by atoms with E-state index < -0.39 is 15.4 Å². The Labute approximate surface area is 167 Å². The van der Waals surface area contributed by atoms with Gasteiger partial charge in [-0.3, -0.25) is 4.79 Å². The zero-order valence-electron chi connectivity index (χ0n) is 16.7. The van der Waals surface area contributed by atoms with E-state index in [1.165, 1.54) is 0 Å². The van der Waals surface area contributed by atoms with Gasteiger partial charge in [0.15, 0.2) is 0 Å². The number of benzene rings is 2. The fourth-order valence-corrected chi connectivity index (χ4v) is 4.96. The molecule has 0 aromatic heterocycles. The zero-order valence-corrected chi connectivity index (χ0v) is 17.6. The largest absolute Gasteiger partial charge is 0.325 e. The van der Waals surface area contributed by atoms with Gasteiger partial charge < -0.3 is 5.32 Å². The van der Waals surface area contributed by atoms with Crippen LogP contribution in [0.4, 0.5) is 5.69 Å². The van der Waals surface area contributed by atoms with E-state index >= 15 is 0 Å². The van der Waals surface area contributed by atoms with E-state index in [9.17, 15) is 13.2 Å². The second kappa shape index (κ2) is 8.05. The van der Waals surface area contributed by atoms with Crippen molar-refractivity contribution in [3.8, 4) is 0 Å². The number of hydrogen-bond acceptors (Lipinski definition) is 3. The minimum absolute atomic E-state index is 0.172. The highest BCUT2D eigenvalue weighted by atomic mass is 32.2. The van der Waals surface area contributed by atoms with Crippen molar-refractivity contribution < 1.29 is 13.2 Å². The first-order valence-corrected chi connectivity index (χ1v) is 11.1. The monoisotopic (exact) mass is 400 g/mol. The molecule has 0 spiro atoms. The minimum atomic E-state index is -3.54. The Hall–Kier alpha value is -2.18. The van der Waals surface area contributed by atoms with E-state index in [2.05, 4.69) is 5.32 Å². The number of sulfonamides is 1. The maximum atomic E-state index is 13.0. The molecule has 2 aromatic rings. The quantitative estimate of drug-likeness (QED) is 0.822. The zero-order chi connectivity index (χ0) is 20.4. The lowest BCUT2D eigenvalue weighted by Gasteiger charge is -2.27. The highest BCUT2D eigenvalue weighted by molar-refractivity contribution is 7.89. The Balaban J connectivity index is 1.87. The maximum Gasteiger partial charge on any atom is 0.243 e. The lowest BCUT2D eigenvalue weighted by atomic mass is 9.83. The predicted octanol–water partition coefficient (Wildman–Crippen LogP) is 4.09. The maximum absolute atomic E-state index is 13.0. The van der Waals surface area contributed by atoms with Crippen molar-refractivity contribution >= 4 is 21.6 Å². The SMILES string of the molecule is Cc1ccc(S(=O)(=O)N2CCCCC2)cc1NC(=O)C(C)(C)c1ccccc1. The number of nitrogens with zero attached hydrogens (tertiary/aromatic N) is 1. The van der Waals surface area contributed by atoms with Crippen LogP contribution in [0.2, 0.25) is 0 Å². The number of aryl methyl sites for hydroxylation is 1. The smallest absolute Gasteiger partial charge is 0.243 e. The van der Waals surface area contributed by atoms with Gasteiger partial charge in [0.1, 0.15) is 0 Å². The molecule has 5 nitrogen and oxygen atoms in total. The molecule has 0 aliphatic carbocycles. The number of carbonyl (C=O) groups excluding carboxylic acids is 1. The van der Waals surface area contributed by atoms with E-state index in [4.69, 9.17) is 0 Å². The number of piperidine rings is 1. The molecule has 1 N–H and O–H groups in total. The van der Waals surface area contributed by atoms with E-state index in [0.29, 0.717) is 18.8 Å². The Kier molecular flexibility index (Phi) is 5.91. The number of nitrogens with one attached hydrogen (secondary N) is 1. The van der Waals surface area contributed by atoms with Crippen LogP contribution in [0.3, 0.4) is 0 Å². The van der Waals surface area contributed by atoms with Gasteiger partial charge in [-0.05, 0) is 56.9 Å². The molecule has 0 radical (unpaired) electrons. The van der Waals surface area contributed by atoms with Crippen LogP contribution in [0.5, 0.6) is 0 Å². The molecule has 1 amide bonds. The highest BCUT2D eigenvalue weighted by Gasteiger charge is 2.31. The van der Waals surface area contributed by atoms with E-state index in [-0.39, 0.29) is 10.8 Å². The van der Waals surface area contributed by atoms with Crippen LogP contribution in [0, 0.1) is 6.92 Å². The van der Waals surface area contributed by atoms with E-state index in [1.807, 2.05) is 51.1 Å². The summed E-state index contributed by atoms with van der Waals surface area (Å²) in [5.41, 5.74) is 1.53. The van der Waals surface area contributed by atoms with Crippen LogP contribution < -0.4 is 5.32 Å². The van der Waals surface area contributed by atoms with Crippen LogP contribution in [-0.4, -0.2) is 31.7 Å². The number of hydrogen-bond donors (Lipinski definition) is 1. The summed E-state index contributed by atoms with van der Waals surface area (Å²) >= 11 is 0. The molecule has 28 heavy (non-hydrogen) atoms. The molecule has 0 bridgehead atoms. The summed E-state index contributed by atoms with van der Waals surface area (Å²) in [5.74, 6) is -0.172. The van der Waals surface area contributed by atoms with Crippen molar-refractivity contribution in [2.24, 2.45) is 0 Å². The highest BCUT2D eigenvalue weighted by Crippen LogP contribution is 2.28. The summed E-state index contributed by atoms with van der Waals surface area (Å²) in [6.07, 6.45) is 2.84. The predicted molar refractivity (Wildman–Crippen MR) is 112 cm³/mol. The first-order chi connectivity index (χ1) is 13.2. The third-order valence-electron chi connectivity index (χ3n) is 5.47. The van der Waals surface area contributed by atoms with Gasteiger partial charge in [-0.15, -0.1) is 0 Å². The van der Waals surface area contributed by atoms with Crippen LogP contribution in [-0.2, 0) is 20.2 Å². The summed E-state index contributed by atoms with van der Waals surface area (Å²) < 4.78 is 27.5. The average molecular weight is 401 g/mol. The molecular weight excluding hydrogens is 372 g/mol. The Morgan fingerprint density at radius 3 is 2.29 bits per heavy atom. The molecule has 0 atom stereocenters. The molecule has 1 aliphatic heterocycles. The molecule has 150 valence electrons. The van der Waals surface area contributed by atoms with Gasteiger partial charge in [0.25, 0.3) is 0 Å². The van der Waals surface area contributed by atoms with Gasteiger partial charge in [-0.25, -0.2) is 8.42 Å². The second-order valence-corrected chi connectivity index (χ2v) is 9.82. The van der Waals surface area contributed by atoms with Gasteiger partial charge in [0.05, 0.1) is 10.3 Å². The molecular formula is C22H28N2O3S. The Morgan fingerprint density at radius 1 is 1.00 bits per heavy atom. The Morgan fingerprint density at radius 2 is 1.64 bits per heavy atom. The summed E-state index contributed by atoms with van der Waals surface area (Å²) in [6, 6.07) is 14.5. The third kappa shape index (κ3) is 4.13. The van der Waals surface area contributed by atoms with Crippen LogP contribution in [0.25, 0.3) is 0 Å². The van der Waals surface area contributed by atoms with E-state index in [0.717, 1.165) is 30.4 Å². The topological polar surface area (TPSA) is 66.5 Å². The number of rotatable bonds is 5.